The minimum Gasteiger partial charge on any atom is -0.491 e. The molecule has 0 bridgehead atoms. The number of non-ortho nitro benzene ring substituents is 1. The Morgan fingerprint density at radius 3 is 2.76 bits per heavy atom. The second-order valence-electron chi connectivity index (χ2n) is 3.39. The van der Waals surface area contributed by atoms with Gasteiger partial charge in [0.1, 0.15) is 12.4 Å². The predicted octanol–water partition coefficient (Wildman–Crippen LogP) is 2.23. The van der Waals surface area contributed by atoms with Crippen LogP contribution in [0.15, 0.2) is 18.2 Å². The molecule has 1 aromatic rings. The molecule has 1 aromatic carbocycles. The van der Waals surface area contributed by atoms with Gasteiger partial charge in [0, 0.05) is 11.8 Å². The Hall–Kier alpha value is -1.27. The van der Waals surface area contributed by atoms with Gasteiger partial charge in [-0.3, -0.25) is 10.1 Å². The molecule has 5 nitrogen and oxygen atoms in total. The predicted molar refractivity (Wildman–Crippen MR) is 68.0 cm³/mol. The highest BCUT2D eigenvalue weighted by Gasteiger charge is 2.09. The van der Waals surface area contributed by atoms with Gasteiger partial charge in [0.15, 0.2) is 0 Å². The normalized spacial score (nSPS) is 10.2. The average Bonchev–Trinajstić information content (AvgIpc) is 2.30. The molecule has 0 aliphatic carbocycles. The van der Waals surface area contributed by atoms with Gasteiger partial charge in [0.25, 0.3) is 5.69 Å². The third-order valence-electron chi connectivity index (χ3n) is 2.10. The summed E-state index contributed by atoms with van der Waals surface area (Å²) in [5, 5.41) is 10.6. The van der Waals surface area contributed by atoms with Gasteiger partial charge in [0.2, 0.25) is 0 Å². The van der Waals surface area contributed by atoms with E-state index in [-0.39, 0.29) is 5.69 Å². The Morgan fingerprint density at radius 1 is 1.35 bits per heavy atom. The van der Waals surface area contributed by atoms with Crippen LogP contribution in [0.4, 0.5) is 5.69 Å². The topological polar surface area (TPSA) is 61.6 Å². The summed E-state index contributed by atoms with van der Waals surface area (Å²) >= 11 is 4.00. The van der Waals surface area contributed by atoms with Crippen molar-refractivity contribution in [1.29, 1.82) is 0 Å². The molecule has 94 valence electrons. The van der Waals surface area contributed by atoms with Crippen LogP contribution >= 0.6 is 12.6 Å². The fraction of sp³-hybridized carbons (Fsp3) is 0.455. The van der Waals surface area contributed by atoms with Crippen molar-refractivity contribution < 1.29 is 14.4 Å². The second kappa shape index (κ2) is 7.13. The van der Waals surface area contributed by atoms with Crippen LogP contribution in [0.3, 0.4) is 0 Å². The molecule has 0 saturated carbocycles. The van der Waals surface area contributed by atoms with Crippen molar-refractivity contribution in [3.05, 3.63) is 33.9 Å². The van der Waals surface area contributed by atoms with Gasteiger partial charge in [-0.25, -0.2) is 0 Å². The molecule has 0 unspecified atom stereocenters. The minimum absolute atomic E-state index is 0.0295. The number of benzene rings is 1. The maximum atomic E-state index is 10.6. The van der Waals surface area contributed by atoms with Gasteiger partial charge in [-0.05, 0) is 18.6 Å². The van der Waals surface area contributed by atoms with Crippen LogP contribution in [-0.4, -0.2) is 30.5 Å². The summed E-state index contributed by atoms with van der Waals surface area (Å²) in [5.41, 5.74) is 0.895. The van der Waals surface area contributed by atoms with Crippen molar-refractivity contribution in [1.82, 2.24) is 0 Å². The van der Waals surface area contributed by atoms with E-state index in [1.165, 1.54) is 12.1 Å². The summed E-state index contributed by atoms with van der Waals surface area (Å²) in [6.45, 7) is 3.23. The van der Waals surface area contributed by atoms with E-state index in [0.717, 1.165) is 5.56 Å². The quantitative estimate of drug-likeness (QED) is 0.352. The van der Waals surface area contributed by atoms with Crippen LogP contribution < -0.4 is 4.74 Å². The zero-order valence-corrected chi connectivity index (χ0v) is 10.5. The first-order valence-electron chi connectivity index (χ1n) is 5.21. The molecule has 0 N–H and O–H groups in total. The molecule has 0 radical (unpaired) electrons. The first-order chi connectivity index (χ1) is 8.15. The monoisotopic (exact) mass is 257 g/mol. The van der Waals surface area contributed by atoms with Gasteiger partial charge in [-0.2, -0.15) is 12.6 Å². The number of hydrogen-bond acceptors (Lipinski definition) is 5. The summed E-state index contributed by atoms with van der Waals surface area (Å²) in [6.07, 6.45) is 0. The van der Waals surface area contributed by atoms with Gasteiger partial charge in [0.05, 0.1) is 24.2 Å². The van der Waals surface area contributed by atoms with E-state index in [0.29, 0.717) is 31.3 Å². The molecule has 6 heteroatoms. The van der Waals surface area contributed by atoms with Crippen LogP contribution in [0, 0.1) is 17.0 Å². The van der Waals surface area contributed by atoms with E-state index < -0.39 is 4.92 Å². The minimum atomic E-state index is -0.441. The summed E-state index contributed by atoms with van der Waals surface area (Å²) in [4.78, 5) is 10.2. The van der Waals surface area contributed by atoms with E-state index in [2.05, 4.69) is 12.6 Å². The highest BCUT2D eigenvalue weighted by Crippen LogP contribution is 2.23. The molecular formula is C11H15NO4S. The number of rotatable bonds is 7. The molecule has 0 spiro atoms. The first kappa shape index (κ1) is 13.8. The summed E-state index contributed by atoms with van der Waals surface area (Å²) in [5.74, 6) is 1.18. The van der Waals surface area contributed by atoms with E-state index in [1.807, 2.05) is 6.92 Å². The highest BCUT2D eigenvalue weighted by molar-refractivity contribution is 7.80. The molecule has 1 rings (SSSR count). The number of thiol groups is 1. The Kier molecular flexibility index (Phi) is 5.79. The van der Waals surface area contributed by atoms with Gasteiger partial charge in [-0.1, -0.05) is 0 Å². The number of nitro benzene ring substituents is 1. The van der Waals surface area contributed by atoms with Crippen LogP contribution in [-0.2, 0) is 4.74 Å². The zero-order chi connectivity index (χ0) is 12.7. The first-order valence-corrected chi connectivity index (χ1v) is 5.85. The molecule has 0 amide bonds. The molecule has 0 atom stereocenters. The number of aryl methyl sites for hydroxylation is 1. The molecule has 0 aliphatic rings. The maximum Gasteiger partial charge on any atom is 0.273 e. The molecule has 17 heavy (non-hydrogen) atoms. The van der Waals surface area contributed by atoms with Crippen molar-refractivity contribution in [3.8, 4) is 5.75 Å². The molecule has 0 aromatic heterocycles. The highest BCUT2D eigenvalue weighted by atomic mass is 32.1. The Labute approximate surface area is 105 Å². The third kappa shape index (κ3) is 4.62. The smallest absolute Gasteiger partial charge is 0.273 e. The van der Waals surface area contributed by atoms with Crippen LogP contribution in [0.5, 0.6) is 5.75 Å². The van der Waals surface area contributed by atoms with E-state index >= 15 is 0 Å². The number of ether oxygens (including phenoxy) is 2. The Morgan fingerprint density at radius 2 is 2.12 bits per heavy atom. The SMILES string of the molecule is Cc1ccc([N+](=O)[O-])cc1OCCOCCS. The number of hydrogen-bond donors (Lipinski definition) is 1. The van der Waals surface area contributed by atoms with Gasteiger partial charge >= 0.3 is 0 Å². The Bertz CT molecular complexity index is 384. The maximum absolute atomic E-state index is 10.6. The van der Waals surface area contributed by atoms with Crippen molar-refractivity contribution in [2.24, 2.45) is 0 Å². The van der Waals surface area contributed by atoms with E-state index in [1.54, 1.807) is 6.07 Å². The Balaban J connectivity index is 2.51. The van der Waals surface area contributed by atoms with Crippen molar-refractivity contribution in [2.45, 2.75) is 6.92 Å². The standard InChI is InChI=1S/C11H15NO4S/c1-9-2-3-10(12(13)14)8-11(9)16-5-4-15-6-7-17/h2-3,8,17H,4-7H2,1H3. The number of nitro groups is 1. The number of nitrogens with zero attached hydrogens (tertiary/aromatic N) is 1. The van der Waals surface area contributed by atoms with Gasteiger partial charge < -0.3 is 9.47 Å². The molecule has 0 saturated heterocycles. The summed E-state index contributed by atoms with van der Waals surface area (Å²) < 4.78 is 10.6. The summed E-state index contributed by atoms with van der Waals surface area (Å²) in [6, 6.07) is 4.55. The van der Waals surface area contributed by atoms with Crippen molar-refractivity contribution >= 4 is 18.3 Å². The lowest BCUT2D eigenvalue weighted by Crippen LogP contribution is -2.08. The lowest BCUT2D eigenvalue weighted by molar-refractivity contribution is -0.384. The fourth-order valence-corrected chi connectivity index (χ4v) is 1.36. The molecular weight excluding hydrogens is 242 g/mol. The van der Waals surface area contributed by atoms with Crippen molar-refractivity contribution in [3.63, 3.8) is 0 Å². The molecule has 0 fully saturated rings. The van der Waals surface area contributed by atoms with E-state index in [4.69, 9.17) is 9.47 Å². The van der Waals surface area contributed by atoms with Crippen molar-refractivity contribution in [2.75, 3.05) is 25.6 Å². The molecule has 0 aliphatic heterocycles. The zero-order valence-electron chi connectivity index (χ0n) is 9.59. The van der Waals surface area contributed by atoms with Gasteiger partial charge in [-0.15, -0.1) is 0 Å². The second-order valence-corrected chi connectivity index (χ2v) is 3.84. The van der Waals surface area contributed by atoms with Crippen LogP contribution in [0.1, 0.15) is 5.56 Å². The fourth-order valence-electron chi connectivity index (χ4n) is 1.24. The lowest BCUT2D eigenvalue weighted by atomic mass is 10.2. The average molecular weight is 257 g/mol. The van der Waals surface area contributed by atoms with E-state index in [9.17, 15) is 10.1 Å². The largest absolute Gasteiger partial charge is 0.491 e. The molecule has 0 heterocycles. The summed E-state index contributed by atoms with van der Waals surface area (Å²) in [7, 11) is 0. The van der Waals surface area contributed by atoms with Crippen LogP contribution in [0.25, 0.3) is 0 Å². The third-order valence-corrected chi connectivity index (χ3v) is 2.29. The lowest BCUT2D eigenvalue weighted by Gasteiger charge is -2.08. The van der Waals surface area contributed by atoms with Crippen LogP contribution in [0.2, 0.25) is 0 Å².